The van der Waals surface area contributed by atoms with Gasteiger partial charge in [0.05, 0.1) is 17.8 Å². The minimum Gasteiger partial charge on any atom is -0.368 e. The van der Waals surface area contributed by atoms with E-state index in [0.29, 0.717) is 6.54 Å². The van der Waals surface area contributed by atoms with E-state index in [2.05, 4.69) is 45.5 Å². The van der Waals surface area contributed by atoms with Gasteiger partial charge in [0.2, 0.25) is 5.95 Å². The van der Waals surface area contributed by atoms with Crippen LogP contribution in [0.2, 0.25) is 0 Å². The molecule has 2 aromatic heterocycles. The van der Waals surface area contributed by atoms with Crippen molar-refractivity contribution in [3.63, 3.8) is 0 Å². The van der Waals surface area contributed by atoms with Crippen molar-refractivity contribution in [3.05, 3.63) is 41.2 Å². The first-order chi connectivity index (χ1) is 10.0. The molecule has 0 bridgehead atoms. The Labute approximate surface area is 123 Å². The molecule has 2 heterocycles. The summed E-state index contributed by atoms with van der Waals surface area (Å²) in [5.41, 5.74) is 9.92. The lowest BCUT2D eigenvalue weighted by Crippen LogP contribution is -2.07. The van der Waals surface area contributed by atoms with Gasteiger partial charge < -0.3 is 11.1 Å². The second-order valence-electron chi connectivity index (χ2n) is 5.20. The maximum atomic E-state index is 5.63. The Hall–Kier alpha value is -2.63. The van der Waals surface area contributed by atoms with Crippen LogP contribution >= 0.6 is 0 Å². The Morgan fingerprint density at radius 1 is 1.29 bits per heavy atom. The van der Waals surface area contributed by atoms with Crippen LogP contribution in [0.1, 0.15) is 16.8 Å². The van der Waals surface area contributed by atoms with Crippen molar-refractivity contribution in [2.75, 3.05) is 11.1 Å². The van der Waals surface area contributed by atoms with Gasteiger partial charge in [-0.15, -0.1) is 0 Å². The molecule has 0 atom stereocenters. The fourth-order valence-corrected chi connectivity index (χ4v) is 2.38. The zero-order chi connectivity index (χ0) is 15.0. The number of rotatable bonds is 3. The number of hydrogen-bond acceptors (Lipinski definition) is 5. The Morgan fingerprint density at radius 3 is 2.90 bits per heavy atom. The normalized spacial score (nSPS) is 11.0. The average Bonchev–Trinajstić information content (AvgIpc) is 2.76. The van der Waals surface area contributed by atoms with Gasteiger partial charge in [0.15, 0.2) is 0 Å². The number of nitrogen functional groups attached to an aromatic ring is 1. The second-order valence-corrected chi connectivity index (χ2v) is 5.20. The molecule has 0 saturated heterocycles. The summed E-state index contributed by atoms with van der Waals surface area (Å²) < 4.78 is 1.90. The van der Waals surface area contributed by atoms with Crippen LogP contribution in [0.15, 0.2) is 24.4 Å². The molecule has 0 aliphatic heterocycles. The number of anilines is 2. The summed E-state index contributed by atoms with van der Waals surface area (Å²) in [4.78, 5) is 8.18. The van der Waals surface area contributed by atoms with E-state index in [1.807, 2.05) is 18.7 Å². The van der Waals surface area contributed by atoms with E-state index < -0.39 is 0 Å². The first-order valence-corrected chi connectivity index (χ1v) is 6.80. The number of aryl methyl sites for hydroxylation is 3. The van der Waals surface area contributed by atoms with E-state index >= 15 is 0 Å². The molecule has 3 N–H and O–H groups in total. The highest BCUT2D eigenvalue weighted by Gasteiger charge is 2.09. The van der Waals surface area contributed by atoms with Gasteiger partial charge in [0.25, 0.3) is 0 Å². The van der Waals surface area contributed by atoms with Crippen molar-refractivity contribution in [2.24, 2.45) is 7.05 Å². The minimum atomic E-state index is 0.268. The van der Waals surface area contributed by atoms with Gasteiger partial charge in [-0.05, 0) is 26.0 Å². The van der Waals surface area contributed by atoms with Crippen molar-refractivity contribution >= 4 is 22.7 Å². The summed E-state index contributed by atoms with van der Waals surface area (Å²) in [5, 5.41) is 9.02. The van der Waals surface area contributed by atoms with Crippen LogP contribution in [0.3, 0.4) is 0 Å². The highest BCUT2D eigenvalue weighted by molar-refractivity contribution is 5.82. The van der Waals surface area contributed by atoms with Crippen molar-refractivity contribution in [1.82, 2.24) is 19.7 Å². The summed E-state index contributed by atoms with van der Waals surface area (Å²) in [6.45, 7) is 4.62. The van der Waals surface area contributed by atoms with Crippen LogP contribution in [-0.2, 0) is 13.6 Å². The number of hydrogen-bond donors (Lipinski definition) is 2. The standard InChI is InChI=1S/C15H18N6/c1-9-4-5-13-11(6-9)12(20-21(13)3)8-17-14-10(2)7-18-15(16)19-14/h4-7H,8H2,1-3H3,(H3,16,17,18,19). The predicted molar refractivity (Wildman–Crippen MR) is 84.0 cm³/mol. The molecular formula is C15H18N6. The molecule has 0 spiro atoms. The van der Waals surface area contributed by atoms with Crippen molar-refractivity contribution in [2.45, 2.75) is 20.4 Å². The Bertz CT molecular complexity index is 805. The number of nitrogens with two attached hydrogens (primary N) is 1. The second kappa shape index (κ2) is 5.05. The molecule has 21 heavy (non-hydrogen) atoms. The van der Waals surface area contributed by atoms with Gasteiger partial charge in [-0.25, -0.2) is 4.98 Å². The lowest BCUT2D eigenvalue weighted by molar-refractivity contribution is 0.771. The number of nitrogens with one attached hydrogen (secondary N) is 1. The quantitative estimate of drug-likeness (QED) is 0.769. The van der Waals surface area contributed by atoms with Gasteiger partial charge in [-0.2, -0.15) is 10.1 Å². The van der Waals surface area contributed by atoms with Gasteiger partial charge in [-0.3, -0.25) is 4.68 Å². The summed E-state index contributed by atoms with van der Waals surface area (Å²) in [7, 11) is 1.95. The summed E-state index contributed by atoms with van der Waals surface area (Å²) in [6.07, 6.45) is 1.71. The first kappa shape index (κ1) is 13.4. The van der Waals surface area contributed by atoms with E-state index in [4.69, 9.17) is 5.73 Å². The highest BCUT2D eigenvalue weighted by atomic mass is 15.3. The van der Waals surface area contributed by atoms with E-state index in [1.54, 1.807) is 6.20 Å². The number of nitrogens with zero attached hydrogens (tertiary/aromatic N) is 4. The van der Waals surface area contributed by atoms with Crippen molar-refractivity contribution in [1.29, 1.82) is 0 Å². The van der Waals surface area contributed by atoms with Crippen molar-refractivity contribution < 1.29 is 0 Å². The van der Waals surface area contributed by atoms with Gasteiger partial charge >= 0.3 is 0 Å². The van der Waals surface area contributed by atoms with Crippen LogP contribution in [0, 0.1) is 13.8 Å². The third-order valence-corrected chi connectivity index (χ3v) is 3.50. The number of benzene rings is 1. The minimum absolute atomic E-state index is 0.268. The fraction of sp³-hybridized carbons (Fsp3) is 0.267. The molecule has 0 amide bonds. The fourth-order valence-electron chi connectivity index (χ4n) is 2.38. The molecule has 108 valence electrons. The number of aromatic nitrogens is 4. The van der Waals surface area contributed by atoms with Crippen LogP contribution in [-0.4, -0.2) is 19.7 Å². The van der Waals surface area contributed by atoms with Crippen LogP contribution < -0.4 is 11.1 Å². The third-order valence-electron chi connectivity index (χ3n) is 3.50. The molecule has 3 aromatic rings. The lowest BCUT2D eigenvalue weighted by Gasteiger charge is -2.07. The molecule has 0 fully saturated rings. The predicted octanol–water partition coefficient (Wildman–Crippen LogP) is 2.17. The highest BCUT2D eigenvalue weighted by Crippen LogP contribution is 2.21. The van der Waals surface area contributed by atoms with E-state index in [9.17, 15) is 0 Å². The molecule has 0 unspecified atom stereocenters. The average molecular weight is 282 g/mol. The first-order valence-electron chi connectivity index (χ1n) is 6.80. The molecule has 0 aliphatic carbocycles. The molecule has 0 radical (unpaired) electrons. The van der Waals surface area contributed by atoms with Gasteiger partial charge in [-0.1, -0.05) is 11.6 Å². The summed E-state index contributed by atoms with van der Waals surface area (Å²) in [6, 6.07) is 6.34. The van der Waals surface area contributed by atoms with Crippen LogP contribution in [0.25, 0.3) is 10.9 Å². The smallest absolute Gasteiger partial charge is 0.221 e. The molecule has 0 aliphatic rings. The summed E-state index contributed by atoms with van der Waals surface area (Å²) >= 11 is 0. The number of fused-ring (bicyclic) bond motifs is 1. The lowest BCUT2D eigenvalue weighted by atomic mass is 10.1. The Balaban J connectivity index is 1.92. The van der Waals surface area contributed by atoms with E-state index in [0.717, 1.165) is 28.0 Å². The van der Waals surface area contributed by atoms with E-state index in [1.165, 1.54) is 5.56 Å². The largest absolute Gasteiger partial charge is 0.368 e. The van der Waals surface area contributed by atoms with Crippen molar-refractivity contribution in [3.8, 4) is 0 Å². The molecule has 3 rings (SSSR count). The molecule has 1 aromatic carbocycles. The van der Waals surface area contributed by atoms with Crippen LogP contribution in [0.4, 0.5) is 11.8 Å². The zero-order valence-corrected chi connectivity index (χ0v) is 12.4. The maximum Gasteiger partial charge on any atom is 0.221 e. The van der Waals surface area contributed by atoms with E-state index in [-0.39, 0.29) is 5.95 Å². The molecule has 0 saturated carbocycles. The molecule has 6 heteroatoms. The van der Waals surface area contributed by atoms with Crippen LogP contribution in [0.5, 0.6) is 0 Å². The summed E-state index contributed by atoms with van der Waals surface area (Å²) in [5.74, 6) is 1.01. The zero-order valence-electron chi connectivity index (χ0n) is 12.4. The molecular weight excluding hydrogens is 264 g/mol. The SMILES string of the molecule is Cc1ccc2c(c1)c(CNc1nc(N)ncc1C)nn2C. The monoisotopic (exact) mass is 282 g/mol. The van der Waals surface area contributed by atoms with Gasteiger partial charge in [0, 0.05) is 24.2 Å². The Kier molecular flexibility index (Phi) is 3.21. The third kappa shape index (κ3) is 2.52. The maximum absolute atomic E-state index is 5.63. The Morgan fingerprint density at radius 2 is 2.10 bits per heavy atom. The van der Waals surface area contributed by atoms with Gasteiger partial charge in [0.1, 0.15) is 5.82 Å². The molecule has 6 nitrogen and oxygen atoms in total. The topological polar surface area (TPSA) is 81.7 Å².